The summed E-state index contributed by atoms with van der Waals surface area (Å²) in [4.78, 5) is 3.53. The molecule has 0 fully saturated rings. The minimum Gasteiger partial charge on any atom is -0.380 e. The molecule has 1 aromatic rings. The van der Waals surface area contributed by atoms with Crippen molar-refractivity contribution in [2.45, 2.75) is 0 Å². The number of pyridine rings is 1. The van der Waals surface area contributed by atoms with Gasteiger partial charge in [0, 0.05) is 12.6 Å². The van der Waals surface area contributed by atoms with Crippen LogP contribution in [-0.4, -0.2) is 18.2 Å². The summed E-state index contributed by atoms with van der Waals surface area (Å²) in [5.41, 5.74) is 0.287. The van der Waals surface area contributed by atoms with E-state index in [9.17, 15) is 8.78 Å². The molecule has 0 aliphatic carbocycles. The lowest BCUT2D eigenvalue weighted by atomic mass is 10.3. The predicted octanol–water partition coefficient (Wildman–Crippen LogP) is 1.47. The van der Waals surface area contributed by atoms with Crippen LogP contribution in [0.4, 0.5) is 14.5 Å². The van der Waals surface area contributed by atoms with Crippen molar-refractivity contribution in [1.29, 1.82) is 5.26 Å². The first-order valence-electron chi connectivity index (χ1n) is 3.63. The minimum atomic E-state index is -0.582. The Morgan fingerprint density at radius 1 is 1.62 bits per heavy atom. The molecule has 0 aromatic carbocycles. The Morgan fingerprint density at radius 3 is 3.00 bits per heavy atom. The maximum absolute atomic E-state index is 12.6. The summed E-state index contributed by atoms with van der Waals surface area (Å²) in [6.07, 6.45) is 0.944. The van der Waals surface area contributed by atoms with E-state index >= 15 is 0 Å². The van der Waals surface area contributed by atoms with Crippen molar-refractivity contribution in [2.24, 2.45) is 0 Å². The second kappa shape index (κ2) is 4.36. The van der Waals surface area contributed by atoms with Gasteiger partial charge in [-0.05, 0) is 0 Å². The van der Waals surface area contributed by atoms with Crippen LogP contribution in [0.2, 0.25) is 0 Å². The quantitative estimate of drug-likeness (QED) is 0.771. The molecule has 0 saturated carbocycles. The fourth-order valence-corrected chi connectivity index (χ4v) is 0.845. The molecule has 0 bridgehead atoms. The number of rotatable bonds is 3. The molecule has 1 aromatic heterocycles. The third kappa shape index (κ3) is 2.37. The van der Waals surface area contributed by atoms with E-state index in [2.05, 4.69) is 10.3 Å². The van der Waals surface area contributed by atoms with Crippen molar-refractivity contribution >= 4 is 5.69 Å². The van der Waals surface area contributed by atoms with Crippen LogP contribution >= 0.6 is 0 Å². The van der Waals surface area contributed by atoms with Gasteiger partial charge in [-0.25, -0.2) is 13.8 Å². The Labute approximate surface area is 74.0 Å². The Morgan fingerprint density at radius 2 is 2.38 bits per heavy atom. The Balaban J connectivity index is 2.89. The van der Waals surface area contributed by atoms with Crippen molar-refractivity contribution in [2.75, 3.05) is 18.5 Å². The molecule has 68 valence electrons. The first-order chi connectivity index (χ1) is 6.27. The van der Waals surface area contributed by atoms with Crippen molar-refractivity contribution < 1.29 is 8.78 Å². The highest BCUT2D eigenvalue weighted by Gasteiger charge is 2.03. The molecule has 0 aliphatic rings. The average molecular weight is 183 g/mol. The molecule has 0 spiro atoms. The number of nitrogens with zero attached hydrogens (tertiary/aromatic N) is 2. The summed E-state index contributed by atoms with van der Waals surface area (Å²) in [5, 5.41) is 11.1. The van der Waals surface area contributed by atoms with Crippen LogP contribution in [0.15, 0.2) is 12.3 Å². The molecule has 0 atom stereocenters. The van der Waals surface area contributed by atoms with Crippen LogP contribution in [0, 0.1) is 17.1 Å². The first kappa shape index (κ1) is 9.39. The van der Waals surface area contributed by atoms with Crippen LogP contribution in [-0.2, 0) is 0 Å². The molecular formula is C8H7F2N3. The molecular weight excluding hydrogens is 176 g/mol. The van der Waals surface area contributed by atoms with Crippen molar-refractivity contribution in [3.8, 4) is 6.07 Å². The van der Waals surface area contributed by atoms with Crippen LogP contribution < -0.4 is 5.32 Å². The van der Waals surface area contributed by atoms with Crippen molar-refractivity contribution in [1.82, 2.24) is 4.98 Å². The fourth-order valence-electron chi connectivity index (χ4n) is 0.845. The lowest BCUT2D eigenvalue weighted by molar-refractivity contribution is 0.512. The van der Waals surface area contributed by atoms with Crippen molar-refractivity contribution in [3.05, 3.63) is 23.8 Å². The zero-order chi connectivity index (χ0) is 9.68. The third-order valence-corrected chi connectivity index (χ3v) is 1.37. The van der Waals surface area contributed by atoms with E-state index in [1.807, 2.05) is 0 Å². The van der Waals surface area contributed by atoms with Gasteiger partial charge in [-0.3, -0.25) is 0 Å². The molecule has 0 radical (unpaired) electrons. The van der Waals surface area contributed by atoms with Crippen LogP contribution in [0.25, 0.3) is 0 Å². The molecule has 0 aliphatic heterocycles. The molecule has 3 nitrogen and oxygen atoms in total. The highest BCUT2D eigenvalue weighted by Crippen LogP contribution is 2.12. The van der Waals surface area contributed by atoms with Crippen LogP contribution in [0.1, 0.15) is 5.69 Å². The molecule has 1 heterocycles. The van der Waals surface area contributed by atoms with Gasteiger partial charge in [0.15, 0.2) is 5.69 Å². The average Bonchev–Trinajstić information content (AvgIpc) is 2.15. The molecule has 0 amide bonds. The fraction of sp³-hybridized carbons (Fsp3) is 0.250. The molecule has 0 unspecified atom stereocenters. The van der Waals surface area contributed by atoms with E-state index in [1.165, 1.54) is 0 Å². The Kier molecular flexibility index (Phi) is 3.15. The molecule has 0 saturated heterocycles. The van der Waals surface area contributed by atoms with Gasteiger partial charge in [0.1, 0.15) is 18.6 Å². The number of nitriles is 1. The van der Waals surface area contributed by atoms with Crippen molar-refractivity contribution in [3.63, 3.8) is 0 Å². The second-order valence-corrected chi connectivity index (χ2v) is 2.28. The maximum Gasteiger partial charge on any atom is 0.163 e. The number of halogens is 2. The summed E-state index contributed by atoms with van der Waals surface area (Å²) in [7, 11) is 0. The second-order valence-electron chi connectivity index (χ2n) is 2.28. The lowest BCUT2D eigenvalue weighted by Crippen LogP contribution is -2.05. The normalized spacial score (nSPS) is 9.31. The summed E-state index contributed by atoms with van der Waals surface area (Å²) >= 11 is 0. The topological polar surface area (TPSA) is 48.7 Å². The highest BCUT2D eigenvalue weighted by atomic mass is 19.1. The summed E-state index contributed by atoms with van der Waals surface area (Å²) in [5.74, 6) is -0.555. The van der Waals surface area contributed by atoms with Gasteiger partial charge in [0.25, 0.3) is 0 Å². The summed E-state index contributed by atoms with van der Waals surface area (Å²) in [6, 6.07) is 2.88. The molecule has 13 heavy (non-hydrogen) atoms. The zero-order valence-corrected chi connectivity index (χ0v) is 6.72. The number of hydrogen-bond donors (Lipinski definition) is 1. The lowest BCUT2D eigenvalue weighted by Gasteiger charge is -2.04. The van der Waals surface area contributed by atoms with Crippen LogP contribution in [0.5, 0.6) is 0 Å². The smallest absolute Gasteiger partial charge is 0.163 e. The highest BCUT2D eigenvalue weighted by molar-refractivity contribution is 5.53. The van der Waals surface area contributed by atoms with Gasteiger partial charge in [-0.15, -0.1) is 0 Å². The Hall–Kier alpha value is -1.70. The van der Waals surface area contributed by atoms with Crippen LogP contribution in [0.3, 0.4) is 0 Å². The summed E-state index contributed by atoms with van der Waals surface area (Å²) < 4.78 is 24.4. The first-order valence-corrected chi connectivity index (χ1v) is 3.63. The monoisotopic (exact) mass is 183 g/mol. The van der Waals surface area contributed by atoms with E-state index in [-0.39, 0.29) is 17.9 Å². The largest absolute Gasteiger partial charge is 0.380 e. The molecule has 1 rings (SSSR count). The van der Waals surface area contributed by atoms with Gasteiger partial charge in [0.05, 0.1) is 11.9 Å². The third-order valence-electron chi connectivity index (χ3n) is 1.37. The number of nitrogens with one attached hydrogen (secondary N) is 1. The van der Waals surface area contributed by atoms with E-state index in [4.69, 9.17) is 5.26 Å². The van der Waals surface area contributed by atoms with E-state index in [0.29, 0.717) is 0 Å². The van der Waals surface area contributed by atoms with Gasteiger partial charge in [0.2, 0.25) is 0 Å². The standard InChI is InChI=1S/C8H7F2N3/c9-1-2-12-7-3-6(10)5-13-8(7)4-11/h3,5,12H,1-2H2. The SMILES string of the molecule is N#Cc1ncc(F)cc1NCCF. The number of hydrogen-bond acceptors (Lipinski definition) is 3. The zero-order valence-electron chi connectivity index (χ0n) is 6.72. The Bertz CT molecular complexity index is 333. The molecule has 5 heteroatoms. The maximum atomic E-state index is 12.6. The van der Waals surface area contributed by atoms with E-state index < -0.39 is 12.5 Å². The molecule has 1 N–H and O–H groups in total. The minimum absolute atomic E-state index is 0.0415. The van der Waals surface area contributed by atoms with Gasteiger partial charge < -0.3 is 5.32 Å². The van der Waals surface area contributed by atoms with Gasteiger partial charge in [-0.1, -0.05) is 0 Å². The van der Waals surface area contributed by atoms with E-state index in [1.54, 1.807) is 6.07 Å². The number of aromatic nitrogens is 1. The number of anilines is 1. The summed E-state index contributed by atoms with van der Waals surface area (Å²) in [6.45, 7) is -0.540. The predicted molar refractivity (Wildman–Crippen MR) is 43.4 cm³/mol. The number of alkyl halides is 1. The van der Waals surface area contributed by atoms with Gasteiger partial charge in [-0.2, -0.15) is 5.26 Å². The van der Waals surface area contributed by atoms with E-state index in [0.717, 1.165) is 12.3 Å². The van der Waals surface area contributed by atoms with Gasteiger partial charge >= 0.3 is 0 Å².